The number of nitro benzene ring substituents is 1. The number of anilines is 1. The van der Waals surface area contributed by atoms with Gasteiger partial charge in [-0.05, 0) is 32.4 Å². The van der Waals surface area contributed by atoms with Crippen molar-refractivity contribution >= 4 is 23.0 Å². The van der Waals surface area contributed by atoms with Gasteiger partial charge in [-0.1, -0.05) is 18.0 Å². The zero-order chi connectivity index (χ0) is 14.5. The van der Waals surface area contributed by atoms with E-state index < -0.39 is 4.92 Å². The van der Waals surface area contributed by atoms with Crippen LogP contribution in [-0.4, -0.2) is 35.5 Å². The van der Waals surface area contributed by atoms with E-state index in [1.54, 1.807) is 6.07 Å². The molecule has 0 aliphatic carbocycles. The molecule has 1 atom stereocenters. The van der Waals surface area contributed by atoms with Gasteiger partial charge in [0.05, 0.1) is 15.6 Å². The van der Waals surface area contributed by atoms with Crippen molar-refractivity contribution in [3.05, 3.63) is 33.3 Å². The molecule has 0 bridgehead atoms. The summed E-state index contributed by atoms with van der Waals surface area (Å²) in [5.41, 5.74) is 0.770. The van der Waals surface area contributed by atoms with Gasteiger partial charge >= 0.3 is 0 Å². The molecule has 2 rings (SSSR count). The van der Waals surface area contributed by atoms with Gasteiger partial charge in [-0.2, -0.15) is 0 Å². The van der Waals surface area contributed by atoms with Crippen LogP contribution in [0.2, 0.25) is 5.02 Å². The summed E-state index contributed by atoms with van der Waals surface area (Å²) in [4.78, 5) is 12.7. The van der Waals surface area contributed by atoms with E-state index in [0.29, 0.717) is 11.1 Å². The molecule has 0 unspecified atom stereocenters. The Morgan fingerprint density at radius 1 is 1.50 bits per heavy atom. The molecule has 0 radical (unpaired) electrons. The third-order valence-corrected chi connectivity index (χ3v) is 4.13. The van der Waals surface area contributed by atoms with Crippen molar-refractivity contribution < 1.29 is 4.92 Å². The Labute approximate surface area is 124 Å². The minimum absolute atomic E-state index is 0.0187. The predicted octanol–water partition coefficient (Wildman–Crippen LogP) is 3.53. The van der Waals surface area contributed by atoms with Gasteiger partial charge in [0, 0.05) is 31.3 Å². The summed E-state index contributed by atoms with van der Waals surface area (Å²) in [6, 6.07) is 5.16. The molecule has 1 aromatic rings. The maximum absolute atomic E-state index is 10.6. The Kier molecular flexibility index (Phi) is 5.20. The van der Waals surface area contributed by atoms with Crippen LogP contribution in [0.5, 0.6) is 0 Å². The van der Waals surface area contributed by atoms with Gasteiger partial charge < -0.3 is 5.32 Å². The Balaban J connectivity index is 1.86. The van der Waals surface area contributed by atoms with Gasteiger partial charge in [0.1, 0.15) is 0 Å². The molecule has 6 heteroatoms. The van der Waals surface area contributed by atoms with E-state index >= 15 is 0 Å². The number of hydrogen-bond acceptors (Lipinski definition) is 4. The first kappa shape index (κ1) is 15.1. The molecule has 5 nitrogen and oxygen atoms in total. The molecular formula is C14H20ClN3O2. The van der Waals surface area contributed by atoms with Gasteiger partial charge in [-0.3, -0.25) is 15.0 Å². The summed E-state index contributed by atoms with van der Waals surface area (Å²) in [5.74, 6) is 0. The number of piperidine rings is 1. The van der Waals surface area contributed by atoms with E-state index in [2.05, 4.69) is 17.1 Å². The highest BCUT2D eigenvalue weighted by molar-refractivity contribution is 6.33. The fourth-order valence-electron chi connectivity index (χ4n) is 2.58. The van der Waals surface area contributed by atoms with Crippen molar-refractivity contribution in [3.63, 3.8) is 0 Å². The topological polar surface area (TPSA) is 58.4 Å². The minimum Gasteiger partial charge on any atom is -0.383 e. The second-order valence-corrected chi connectivity index (χ2v) is 5.64. The van der Waals surface area contributed by atoms with Crippen molar-refractivity contribution in [2.75, 3.05) is 25.0 Å². The van der Waals surface area contributed by atoms with Crippen LogP contribution in [0.1, 0.15) is 26.2 Å². The zero-order valence-electron chi connectivity index (χ0n) is 11.6. The number of halogens is 1. The third-order valence-electron chi connectivity index (χ3n) is 3.82. The lowest BCUT2D eigenvalue weighted by molar-refractivity contribution is -0.384. The standard InChI is InChI=1S/C14H20ClN3O2/c1-11-4-2-3-8-17(11)9-7-16-14-6-5-12(18(19)20)10-13(14)15/h5-6,10-11,16H,2-4,7-9H2,1H3/t11-/m0/s1. The largest absolute Gasteiger partial charge is 0.383 e. The van der Waals surface area contributed by atoms with Gasteiger partial charge in [0.15, 0.2) is 0 Å². The molecule has 0 spiro atoms. The van der Waals surface area contributed by atoms with E-state index in [4.69, 9.17) is 11.6 Å². The summed E-state index contributed by atoms with van der Waals surface area (Å²) in [6.07, 6.45) is 3.85. The van der Waals surface area contributed by atoms with Crippen molar-refractivity contribution in [2.45, 2.75) is 32.2 Å². The Bertz CT molecular complexity index is 481. The second kappa shape index (κ2) is 6.90. The van der Waals surface area contributed by atoms with Crippen LogP contribution in [0, 0.1) is 10.1 Å². The molecule has 110 valence electrons. The lowest BCUT2D eigenvalue weighted by atomic mass is 10.0. The van der Waals surface area contributed by atoms with Crippen molar-refractivity contribution in [1.29, 1.82) is 0 Å². The number of benzene rings is 1. The first-order valence-corrected chi connectivity index (χ1v) is 7.37. The van der Waals surface area contributed by atoms with Gasteiger partial charge in [0.25, 0.3) is 5.69 Å². The smallest absolute Gasteiger partial charge is 0.271 e. The summed E-state index contributed by atoms with van der Waals surface area (Å²) < 4.78 is 0. The van der Waals surface area contributed by atoms with Gasteiger partial charge in [-0.15, -0.1) is 0 Å². The summed E-state index contributed by atoms with van der Waals surface area (Å²) in [6.45, 7) is 5.17. The summed E-state index contributed by atoms with van der Waals surface area (Å²) >= 11 is 6.04. The molecule has 0 saturated carbocycles. The number of rotatable bonds is 5. The maximum Gasteiger partial charge on any atom is 0.271 e. The molecule has 1 aromatic carbocycles. The van der Waals surface area contributed by atoms with Crippen LogP contribution in [0.3, 0.4) is 0 Å². The zero-order valence-corrected chi connectivity index (χ0v) is 12.4. The SMILES string of the molecule is C[C@H]1CCCCN1CCNc1ccc([N+](=O)[O-])cc1Cl. The molecule has 0 amide bonds. The number of hydrogen-bond donors (Lipinski definition) is 1. The van der Waals surface area contributed by atoms with Crippen LogP contribution >= 0.6 is 11.6 Å². The third kappa shape index (κ3) is 3.84. The fourth-order valence-corrected chi connectivity index (χ4v) is 2.83. The van der Waals surface area contributed by atoms with Crippen molar-refractivity contribution in [3.8, 4) is 0 Å². The Morgan fingerprint density at radius 3 is 2.95 bits per heavy atom. The molecule has 1 saturated heterocycles. The molecule has 1 fully saturated rings. The van der Waals surface area contributed by atoms with Gasteiger partial charge in [0.2, 0.25) is 0 Å². The predicted molar refractivity (Wildman–Crippen MR) is 81.5 cm³/mol. The molecule has 1 heterocycles. The van der Waals surface area contributed by atoms with Crippen molar-refractivity contribution in [2.24, 2.45) is 0 Å². The Morgan fingerprint density at radius 2 is 2.30 bits per heavy atom. The number of likely N-dealkylation sites (tertiary alicyclic amines) is 1. The number of nitrogens with zero attached hydrogens (tertiary/aromatic N) is 2. The van der Waals surface area contributed by atoms with Crippen molar-refractivity contribution in [1.82, 2.24) is 4.90 Å². The van der Waals surface area contributed by atoms with Crippen LogP contribution in [0.25, 0.3) is 0 Å². The summed E-state index contributed by atoms with van der Waals surface area (Å²) in [7, 11) is 0. The Hall–Kier alpha value is -1.33. The van der Waals surface area contributed by atoms with Crippen LogP contribution in [0.4, 0.5) is 11.4 Å². The molecule has 1 N–H and O–H groups in total. The highest BCUT2D eigenvalue weighted by atomic mass is 35.5. The molecular weight excluding hydrogens is 278 g/mol. The van der Waals surface area contributed by atoms with Gasteiger partial charge in [-0.25, -0.2) is 0 Å². The van der Waals surface area contributed by atoms with Crippen LogP contribution < -0.4 is 5.32 Å². The van der Waals surface area contributed by atoms with E-state index in [9.17, 15) is 10.1 Å². The normalized spacial score (nSPS) is 19.8. The van der Waals surface area contributed by atoms with E-state index in [1.807, 2.05) is 0 Å². The van der Waals surface area contributed by atoms with Crippen LogP contribution in [-0.2, 0) is 0 Å². The first-order valence-electron chi connectivity index (χ1n) is 7.00. The average molecular weight is 298 g/mol. The highest BCUT2D eigenvalue weighted by Gasteiger charge is 2.17. The maximum atomic E-state index is 10.6. The molecule has 1 aliphatic rings. The summed E-state index contributed by atoms with van der Waals surface area (Å²) in [5, 5.41) is 14.3. The molecule has 1 aliphatic heterocycles. The second-order valence-electron chi connectivity index (χ2n) is 5.23. The molecule has 0 aromatic heterocycles. The first-order chi connectivity index (χ1) is 9.58. The van der Waals surface area contributed by atoms with E-state index in [1.165, 1.54) is 31.4 Å². The quantitative estimate of drug-likeness (QED) is 0.667. The highest BCUT2D eigenvalue weighted by Crippen LogP contribution is 2.26. The van der Waals surface area contributed by atoms with E-state index in [0.717, 1.165) is 25.3 Å². The fraction of sp³-hybridized carbons (Fsp3) is 0.571. The molecule has 20 heavy (non-hydrogen) atoms. The number of non-ortho nitro benzene ring substituents is 1. The monoisotopic (exact) mass is 297 g/mol. The number of nitrogens with one attached hydrogen (secondary N) is 1. The van der Waals surface area contributed by atoms with E-state index in [-0.39, 0.29) is 5.69 Å². The average Bonchev–Trinajstić information content (AvgIpc) is 2.42. The minimum atomic E-state index is -0.439. The van der Waals surface area contributed by atoms with Crippen LogP contribution in [0.15, 0.2) is 18.2 Å². The lowest BCUT2D eigenvalue weighted by Gasteiger charge is -2.33. The lowest BCUT2D eigenvalue weighted by Crippen LogP contribution is -2.40. The number of nitro groups is 1.